The Hall–Kier alpha value is -3.53. The van der Waals surface area contributed by atoms with Gasteiger partial charge in [-0.1, -0.05) is 23.8 Å². The lowest BCUT2D eigenvalue weighted by Crippen LogP contribution is -2.48. The molecule has 1 heterocycles. The summed E-state index contributed by atoms with van der Waals surface area (Å²) < 4.78 is 72.2. The lowest BCUT2D eigenvalue weighted by atomic mass is 10.1. The molecule has 3 aromatic rings. The third-order valence-electron chi connectivity index (χ3n) is 5.37. The fraction of sp³-hybridized carbons (Fsp3) is 0.208. The van der Waals surface area contributed by atoms with Crippen LogP contribution in [0.15, 0.2) is 71.6 Å². The van der Waals surface area contributed by atoms with Crippen LogP contribution in [0.5, 0.6) is 5.75 Å². The first-order valence-electron chi connectivity index (χ1n) is 10.3. The molecule has 1 amide bonds. The zero-order valence-corrected chi connectivity index (χ0v) is 19.1. The first kappa shape index (κ1) is 23.6. The zero-order chi connectivity index (χ0) is 24.7. The van der Waals surface area contributed by atoms with Gasteiger partial charge in [0.2, 0.25) is 0 Å². The third kappa shape index (κ3) is 4.72. The summed E-state index contributed by atoms with van der Waals surface area (Å²) in [7, 11) is -4.02. The maximum Gasteiger partial charge on any atom is 0.416 e. The molecule has 0 spiro atoms. The van der Waals surface area contributed by atoms with Gasteiger partial charge in [-0.3, -0.25) is 9.10 Å². The van der Waals surface area contributed by atoms with Gasteiger partial charge in [0.25, 0.3) is 15.9 Å². The number of alkyl halides is 3. The molecule has 1 atom stereocenters. The summed E-state index contributed by atoms with van der Waals surface area (Å²) in [5, 5.41) is 2.50. The number of aryl methyl sites for hydroxylation is 2. The molecule has 10 heteroatoms. The SMILES string of the molecule is Cc1ccc(S(=O)(=O)N2CC(C(=O)Nc3ccc(C(F)(F)F)cc3)Oc3cc(C)ccc32)cc1. The van der Waals surface area contributed by atoms with Gasteiger partial charge in [-0.25, -0.2) is 8.42 Å². The van der Waals surface area contributed by atoms with Crippen LogP contribution in [-0.2, 0) is 21.0 Å². The molecular weight excluding hydrogens is 469 g/mol. The molecule has 1 aliphatic heterocycles. The average molecular weight is 491 g/mol. The van der Waals surface area contributed by atoms with E-state index >= 15 is 0 Å². The van der Waals surface area contributed by atoms with Crippen molar-refractivity contribution in [1.82, 2.24) is 0 Å². The second-order valence-electron chi connectivity index (χ2n) is 7.99. The number of carbonyl (C=O) groups is 1. The number of amides is 1. The van der Waals surface area contributed by atoms with Crippen LogP contribution in [0.4, 0.5) is 24.5 Å². The van der Waals surface area contributed by atoms with E-state index in [-0.39, 0.29) is 22.9 Å². The molecule has 1 aliphatic rings. The zero-order valence-electron chi connectivity index (χ0n) is 18.3. The van der Waals surface area contributed by atoms with Gasteiger partial charge in [-0.15, -0.1) is 0 Å². The standard InChI is InChI=1S/C24H21F3N2O4S/c1-15-3-10-19(11-4-15)34(31,32)29-14-22(33-21-13-16(2)5-12-20(21)29)23(30)28-18-8-6-17(7-9-18)24(25,26)27/h3-13,22H,14H2,1-2H3,(H,28,30). The topological polar surface area (TPSA) is 75.7 Å². The van der Waals surface area contributed by atoms with Crippen LogP contribution in [0.3, 0.4) is 0 Å². The molecule has 178 valence electrons. The highest BCUT2D eigenvalue weighted by atomic mass is 32.2. The molecule has 3 aromatic carbocycles. The molecule has 4 rings (SSSR count). The summed E-state index contributed by atoms with van der Waals surface area (Å²) in [6.07, 6.45) is -5.72. The predicted molar refractivity (Wildman–Crippen MR) is 121 cm³/mol. The largest absolute Gasteiger partial charge is 0.476 e. The van der Waals surface area contributed by atoms with Crippen LogP contribution in [0.25, 0.3) is 0 Å². The van der Waals surface area contributed by atoms with Crippen molar-refractivity contribution in [3.05, 3.63) is 83.4 Å². The maximum atomic E-state index is 13.4. The smallest absolute Gasteiger partial charge is 0.416 e. The van der Waals surface area contributed by atoms with Gasteiger partial charge >= 0.3 is 6.18 Å². The van der Waals surface area contributed by atoms with E-state index in [1.165, 1.54) is 12.1 Å². The summed E-state index contributed by atoms with van der Waals surface area (Å²) in [6, 6.07) is 15.3. The van der Waals surface area contributed by atoms with Crippen molar-refractivity contribution in [3.63, 3.8) is 0 Å². The van der Waals surface area contributed by atoms with Gasteiger partial charge in [-0.2, -0.15) is 13.2 Å². The Labute approximate surface area is 195 Å². The minimum absolute atomic E-state index is 0.0634. The highest BCUT2D eigenvalue weighted by molar-refractivity contribution is 7.92. The summed E-state index contributed by atoms with van der Waals surface area (Å²) in [5.41, 5.74) is 1.27. The van der Waals surface area contributed by atoms with E-state index in [9.17, 15) is 26.4 Å². The van der Waals surface area contributed by atoms with Gasteiger partial charge in [0.05, 0.1) is 22.7 Å². The van der Waals surface area contributed by atoms with Crippen LogP contribution in [-0.4, -0.2) is 27.0 Å². The van der Waals surface area contributed by atoms with Crippen molar-refractivity contribution >= 4 is 27.3 Å². The summed E-state index contributed by atoms with van der Waals surface area (Å²) in [4.78, 5) is 13.0. The molecule has 0 radical (unpaired) electrons. The monoisotopic (exact) mass is 490 g/mol. The average Bonchev–Trinajstić information content (AvgIpc) is 2.78. The van der Waals surface area contributed by atoms with E-state index in [0.29, 0.717) is 5.69 Å². The number of carbonyl (C=O) groups excluding carboxylic acids is 1. The molecule has 0 bridgehead atoms. The number of benzene rings is 3. The summed E-state index contributed by atoms with van der Waals surface area (Å²) >= 11 is 0. The Morgan fingerprint density at radius 1 is 0.971 bits per heavy atom. The Kier molecular flexibility index (Phi) is 6.03. The maximum absolute atomic E-state index is 13.4. The normalized spacial score (nSPS) is 15.9. The molecule has 34 heavy (non-hydrogen) atoms. The van der Waals surface area contributed by atoms with E-state index < -0.39 is 33.8 Å². The number of sulfonamides is 1. The Morgan fingerprint density at radius 3 is 2.21 bits per heavy atom. The highest BCUT2D eigenvalue weighted by Crippen LogP contribution is 2.38. The van der Waals surface area contributed by atoms with Crippen LogP contribution in [0.2, 0.25) is 0 Å². The lowest BCUT2D eigenvalue weighted by molar-refractivity contribution is -0.137. The van der Waals surface area contributed by atoms with Gasteiger partial charge in [0.15, 0.2) is 6.10 Å². The number of hydrogen-bond acceptors (Lipinski definition) is 4. The van der Waals surface area contributed by atoms with Gasteiger partial charge in [-0.05, 0) is 67.9 Å². The van der Waals surface area contributed by atoms with Crippen molar-refractivity contribution in [1.29, 1.82) is 0 Å². The quantitative estimate of drug-likeness (QED) is 0.564. The van der Waals surface area contributed by atoms with E-state index in [4.69, 9.17) is 4.74 Å². The summed E-state index contributed by atoms with van der Waals surface area (Å²) in [6.45, 7) is 3.33. The molecule has 0 aliphatic carbocycles. The number of ether oxygens (including phenoxy) is 1. The lowest BCUT2D eigenvalue weighted by Gasteiger charge is -2.35. The van der Waals surface area contributed by atoms with E-state index in [1.807, 2.05) is 6.92 Å². The van der Waals surface area contributed by atoms with Gasteiger partial charge < -0.3 is 10.1 Å². The molecule has 1 unspecified atom stereocenters. The van der Waals surface area contributed by atoms with E-state index in [0.717, 1.165) is 39.7 Å². The Bertz CT molecular complexity index is 1320. The van der Waals surface area contributed by atoms with Crippen molar-refractivity contribution in [2.75, 3.05) is 16.2 Å². The fourth-order valence-electron chi connectivity index (χ4n) is 3.53. The number of nitrogens with one attached hydrogen (secondary N) is 1. The minimum Gasteiger partial charge on any atom is -0.476 e. The molecule has 0 aromatic heterocycles. The molecule has 6 nitrogen and oxygen atoms in total. The molecule has 0 saturated heterocycles. The molecule has 0 fully saturated rings. The van der Waals surface area contributed by atoms with Crippen LogP contribution in [0, 0.1) is 13.8 Å². The first-order valence-corrected chi connectivity index (χ1v) is 11.7. The van der Waals surface area contributed by atoms with E-state index in [2.05, 4.69) is 5.32 Å². The first-order chi connectivity index (χ1) is 15.9. The number of hydrogen-bond donors (Lipinski definition) is 1. The Morgan fingerprint density at radius 2 is 1.59 bits per heavy atom. The molecular formula is C24H21F3N2O4S. The fourth-order valence-corrected chi connectivity index (χ4v) is 5.00. The second kappa shape index (κ2) is 8.68. The number of fused-ring (bicyclic) bond motifs is 1. The minimum atomic E-state index is -4.50. The van der Waals surface area contributed by atoms with Crippen LogP contribution >= 0.6 is 0 Å². The van der Waals surface area contributed by atoms with Crippen molar-refractivity contribution in [2.45, 2.75) is 31.0 Å². The van der Waals surface area contributed by atoms with Crippen LogP contribution < -0.4 is 14.4 Å². The Balaban J connectivity index is 1.63. The number of rotatable bonds is 4. The van der Waals surface area contributed by atoms with Crippen molar-refractivity contribution in [2.24, 2.45) is 0 Å². The third-order valence-corrected chi connectivity index (χ3v) is 7.16. The molecule has 0 saturated carbocycles. The van der Waals surface area contributed by atoms with E-state index in [1.54, 1.807) is 37.3 Å². The number of halogens is 3. The number of nitrogens with zero attached hydrogens (tertiary/aromatic N) is 1. The van der Waals surface area contributed by atoms with Gasteiger partial charge in [0.1, 0.15) is 5.75 Å². The highest BCUT2D eigenvalue weighted by Gasteiger charge is 2.38. The predicted octanol–water partition coefficient (Wildman–Crippen LogP) is 4.92. The number of anilines is 2. The van der Waals surface area contributed by atoms with Gasteiger partial charge in [0, 0.05) is 5.69 Å². The van der Waals surface area contributed by atoms with Crippen molar-refractivity contribution in [3.8, 4) is 5.75 Å². The van der Waals surface area contributed by atoms with Crippen LogP contribution in [0.1, 0.15) is 16.7 Å². The second-order valence-corrected chi connectivity index (χ2v) is 9.85. The molecule has 1 N–H and O–H groups in total. The van der Waals surface area contributed by atoms with Crippen molar-refractivity contribution < 1.29 is 31.1 Å². The summed E-state index contributed by atoms with van der Waals surface area (Å²) in [5.74, 6) is -0.467.